The first-order chi connectivity index (χ1) is 11.9. The summed E-state index contributed by atoms with van der Waals surface area (Å²) in [6, 6.07) is 7.82. The molecule has 0 bridgehead atoms. The predicted octanol–water partition coefficient (Wildman–Crippen LogP) is 1.38. The molecule has 0 spiro atoms. The smallest absolute Gasteiger partial charge is 0.329 e. The molecule has 1 unspecified atom stereocenters. The van der Waals surface area contributed by atoms with Crippen molar-refractivity contribution in [2.24, 2.45) is 5.92 Å². The quantitative estimate of drug-likeness (QED) is 0.547. The van der Waals surface area contributed by atoms with Crippen molar-refractivity contribution in [1.29, 1.82) is 0 Å². The number of anilines is 1. The summed E-state index contributed by atoms with van der Waals surface area (Å²) in [6.07, 6.45) is 0.465. The van der Waals surface area contributed by atoms with E-state index in [1.807, 2.05) is 24.3 Å². The van der Waals surface area contributed by atoms with E-state index >= 15 is 0 Å². The highest BCUT2D eigenvalue weighted by Crippen LogP contribution is 2.27. The summed E-state index contributed by atoms with van der Waals surface area (Å²) in [4.78, 5) is 36.6. The van der Waals surface area contributed by atoms with Crippen LogP contribution >= 0.6 is 0 Å². The number of nitrogens with zero attached hydrogens (tertiary/aromatic N) is 1. The Morgan fingerprint density at radius 2 is 2.00 bits per heavy atom. The number of ether oxygens (including phenoxy) is 1. The van der Waals surface area contributed by atoms with Crippen LogP contribution in [0.2, 0.25) is 0 Å². The molecule has 0 radical (unpaired) electrons. The maximum absolute atomic E-state index is 12.5. The Hall–Kier alpha value is -2.41. The van der Waals surface area contributed by atoms with Crippen LogP contribution in [0.3, 0.4) is 0 Å². The first kappa shape index (κ1) is 18.9. The van der Waals surface area contributed by atoms with E-state index < -0.39 is 18.5 Å². The Kier molecular flexibility index (Phi) is 6.52. The van der Waals surface area contributed by atoms with Crippen LogP contribution in [0.5, 0.6) is 0 Å². The number of rotatable bonds is 8. The summed E-state index contributed by atoms with van der Waals surface area (Å²) >= 11 is 0. The average Bonchev–Trinajstić information content (AvgIpc) is 2.95. The van der Waals surface area contributed by atoms with Gasteiger partial charge in [-0.05, 0) is 30.0 Å². The van der Waals surface area contributed by atoms with Crippen molar-refractivity contribution in [3.63, 3.8) is 0 Å². The lowest BCUT2D eigenvalue weighted by atomic mass is 10.0. The minimum atomic E-state index is -1.06. The van der Waals surface area contributed by atoms with Gasteiger partial charge in [-0.1, -0.05) is 26.0 Å². The van der Waals surface area contributed by atoms with Gasteiger partial charge in [0.1, 0.15) is 12.5 Å². The molecule has 1 saturated heterocycles. The largest absolute Gasteiger partial charge is 0.480 e. The van der Waals surface area contributed by atoms with Crippen LogP contribution in [0, 0.1) is 5.92 Å². The summed E-state index contributed by atoms with van der Waals surface area (Å²) in [7, 11) is 0. The summed E-state index contributed by atoms with van der Waals surface area (Å²) in [6.45, 7) is 4.59. The van der Waals surface area contributed by atoms with Crippen LogP contribution in [0.4, 0.5) is 5.69 Å². The third-order valence-electron chi connectivity index (χ3n) is 4.16. The molecular weight excluding hydrogens is 324 g/mol. The summed E-state index contributed by atoms with van der Waals surface area (Å²) < 4.78 is 4.85. The van der Waals surface area contributed by atoms with E-state index in [0.29, 0.717) is 18.9 Å². The first-order valence-corrected chi connectivity index (χ1v) is 8.38. The maximum Gasteiger partial charge on any atom is 0.329 e. The number of carbonyl (C=O) groups excluding carboxylic acids is 2. The zero-order chi connectivity index (χ0) is 18.4. The number of aliphatic carboxylic acids is 1. The van der Waals surface area contributed by atoms with Crippen molar-refractivity contribution in [2.75, 3.05) is 31.2 Å². The number of hydrogen-bond donors (Lipinski definition) is 2. The van der Waals surface area contributed by atoms with Crippen molar-refractivity contribution >= 4 is 23.5 Å². The van der Waals surface area contributed by atoms with Crippen molar-refractivity contribution < 1.29 is 24.2 Å². The molecule has 7 nitrogen and oxygen atoms in total. The van der Waals surface area contributed by atoms with Gasteiger partial charge in [-0.25, -0.2) is 4.79 Å². The summed E-state index contributed by atoms with van der Waals surface area (Å²) in [5.41, 5.74) is 2.00. The SMILES string of the molecule is CC(C)c1ccc(N2CCC(C(=O)NCCOCC(=O)O)C2=O)cc1. The second-order valence-electron chi connectivity index (χ2n) is 6.31. The molecule has 1 aliphatic heterocycles. The zero-order valence-electron chi connectivity index (χ0n) is 14.5. The van der Waals surface area contributed by atoms with Crippen molar-refractivity contribution in [1.82, 2.24) is 5.32 Å². The molecule has 136 valence electrons. The molecule has 2 rings (SSSR count). The maximum atomic E-state index is 12.5. The van der Waals surface area contributed by atoms with Crippen LogP contribution in [0.1, 0.15) is 31.7 Å². The molecular formula is C18H24N2O5. The molecule has 0 saturated carbocycles. The van der Waals surface area contributed by atoms with Gasteiger partial charge in [0.2, 0.25) is 11.8 Å². The Bertz CT molecular complexity index is 627. The van der Waals surface area contributed by atoms with Crippen molar-refractivity contribution in [3.8, 4) is 0 Å². The van der Waals surface area contributed by atoms with Crippen LogP contribution in [0.25, 0.3) is 0 Å². The van der Waals surface area contributed by atoms with Crippen LogP contribution in [-0.2, 0) is 19.1 Å². The number of carbonyl (C=O) groups is 3. The standard InChI is InChI=1S/C18H24N2O5/c1-12(2)13-3-5-14(6-4-13)20-9-7-15(18(20)24)17(23)19-8-10-25-11-16(21)22/h3-6,12,15H,7-11H2,1-2H3,(H,19,23)(H,21,22). The fraction of sp³-hybridized carbons (Fsp3) is 0.500. The number of amides is 2. The number of carboxylic acids is 1. The van der Waals surface area contributed by atoms with Gasteiger partial charge in [0, 0.05) is 18.8 Å². The number of hydrogen-bond acceptors (Lipinski definition) is 4. The van der Waals surface area contributed by atoms with E-state index in [-0.39, 0.29) is 25.0 Å². The molecule has 1 fully saturated rings. The highest BCUT2D eigenvalue weighted by Gasteiger charge is 2.37. The molecule has 25 heavy (non-hydrogen) atoms. The van der Waals surface area contributed by atoms with E-state index in [1.54, 1.807) is 4.90 Å². The van der Waals surface area contributed by atoms with E-state index in [9.17, 15) is 14.4 Å². The van der Waals surface area contributed by atoms with Crippen LogP contribution in [-0.4, -0.2) is 49.2 Å². The molecule has 1 heterocycles. The highest BCUT2D eigenvalue weighted by atomic mass is 16.5. The fourth-order valence-corrected chi connectivity index (χ4v) is 2.75. The highest BCUT2D eigenvalue weighted by molar-refractivity contribution is 6.09. The Labute approximate surface area is 147 Å². The number of nitrogens with one attached hydrogen (secondary N) is 1. The summed E-state index contributed by atoms with van der Waals surface area (Å²) in [5.74, 6) is -1.89. The zero-order valence-corrected chi connectivity index (χ0v) is 14.5. The van der Waals surface area contributed by atoms with Gasteiger partial charge in [0.15, 0.2) is 0 Å². The molecule has 1 aliphatic rings. The van der Waals surface area contributed by atoms with E-state index in [0.717, 1.165) is 5.69 Å². The predicted molar refractivity (Wildman–Crippen MR) is 92.5 cm³/mol. The third kappa shape index (κ3) is 5.03. The lowest BCUT2D eigenvalue weighted by molar-refractivity contribution is -0.142. The minimum Gasteiger partial charge on any atom is -0.480 e. The lowest BCUT2D eigenvalue weighted by Crippen LogP contribution is -2.38. The van der Waals surface area contributed by atoms with Crippen LogP contribution in [0.15, 0.2) is 24.3 Å². The van der Waals surface area contributed by atoms with Gasteiger partial charge in [-0.15, -0.1) is 0 Å². The normalized spacial score (nSPS) is 17.2. The van der Waals surface area contributed by atoms with Gasteiger partial charge >= 0.3 is 5.97 Å². The Balaban J connectivity index is 1.86. The van der Waals surface area contributed by atoms with Crippen molar-refractivity contribution in [2.45, 2.75) is 26.2 Å². The molecule has 1 atom stereocenters. The molecule has 0 aromatic heterocycles. The average molecular weight is 348 g/mol. The van der Waals surface area contributed by atoms with E-state index in [4.69, 9.17) is 9.84 Å². The minimum absolute atomic E-state index is 0.0966. The van der Waals surface area contributed by atoms with Gasteiger partial charge in [0.25, 0.3) is 0 Å². The topological polar surface area (TPSA) is 95.9 Å². The van der Waals surface area contributed by atoms with Gasteiger partial charge < -0.3 is 20.1 Å². The monoisotopic (exact) mass is 348 g/mol. The lowest BCUT2D eigenvalue weighted by Gasteiger charge is -2.18. The second kappa shape index (κ2) is 8.62. The van der Waals surface area contributed by atoms with Gasteiger partial charge in [-0.3, -0.25) is 9.59 Å². The van der Waals surface area contributed by atoms with E-state index in [1.165, 1.54) is 5.56 Å². The molecule has 0 aliphatic carbocycles. The molecule has 1 aromatic carbocycles. The second-order valence-corrected chi connectivity index (χ2v) is 6.31. The van der Waals surface area contributed by atoms with Gasteiger partial charge in [0.05, 0.1) is 6.61 Å². The Morgan fingerprint density at radius 3 is 2.60 bits per heavy atom. The molecule has 2 amide bonds. The van der Waals surface area contributed by atoms with E-state index in [2.05, 4.69) is 19.2 Å². The number of benzene rings is 1. The van der Waals surface area contributed by atoms with Crippen LogP contribution < -0.4 is 10.2 Å². The molecule has 1 aromatic rings. The fourth-order valence-electron chi connectivity index (χ4n) is 2.75. The molecule has 7 heteroatoms. The first-order valence-electron chi connectivity index (χ1n) is 8.38. The van der Waals surface area contributed by atoms with Crippen molar-refractivity contribution in [3.05, 3.63) is 29.8 Å². The summed E-state index contributed by atoms with van der Waals surface area (Å²) in [5, 5.41) is 11.1. The van der Waals surface area contributed by atoms with Gasteiger partial charge in [-0.2, -0.15) is 0 Å². The Morgan fingerprint density at radius 1 is 1.32 bits per heavy atom. The number of carboxylic acid groups (broad SMARTS) is 1. The third-order valence-corrected chi connectivity index (χ3v) is 4.16. The molecule has 2 N–H and O–H groups in total.